The van der Waals surface area contributed by atoms with Gasteiger partial charge in [-0.2, -0.15) is 5.11 Å². The summed E-state index contributed by atoms with van der Waals surface area (Å²) < 4.78 is 0. The van der Waals surface area contributed by atoms with Crippen LogP contribution in [0.1, 0.15) is 0 Å². The third kappa shape index (κ3) is 3.84. The van der Waals surface area contributed by atoms with Crippen LogP contribution in [-0.4, -0.2) is 15.3 Å². The molecule has 0 saturated heterocycles. The Morgan fingerprint density at radius 1 is 0.469 bits per heavy atom. The van der Waals surface area contributed by atoms with Crippen LogP contribution < -0.4 is 17.2 Å². The fraction of sp³-hybridized carbons (Fsp3) is 0. The van der Waals surface area contributed by atoms with E-state index in [0.29, 0.717) is 33.9 Å². The summed E-state index contributed by atoms with van der Waals surface area (Å²) in [6, 6.07) is 19.8. The molecule has 0 aliphatic rings. The maximum Gasteiger partial charge on any atom is 0.170 e. The third-order valence-corrected chi connectivity index (χ3v) is 4.95. The molecule has 0 aliphatic carbocycles. The molecule has 0 aliphatic heterocycles. The monoisotopic (exact) mass is 427 g/mol. The Bertz CT molecular complexity index is 1230. The number of rotatable bonds is 4. The van der Waals surface area contributed by atoms with Gasteiger partial charge in [0.2, 0.25) is 0 Å². The summed E-state index contributed by atoms with van der Waals surface area (Å²) in [6.07, 6.45) is 0. The zero-order valence-corrected chi connectivity index (χ0v) is 16.9. The van der Waals surface area contributed by atoms with Gasteiger partial charge in [0.25, 0.3) is 0 Å². The van der Waals surface area contributed by atoms with Crippen molar-refractivity contribution >= 4 is 28.4 Å². The first kappa shape index (κ1) is 20.5. The lowest BCUT2D eigenvalue weighted by molar-refractivity contribution is 0.435. The number of nitrogens with two attached hydrogens (primary N) is 3. The largest absolute Gasteiger partial charge is 0.506 e. The lowest BCUT2D eigenvalue weighted by Crippen LogP contribution is -1.90. The highest BCUT2D eigenvalue weighted by atomic mass is 16.3. The Kier molecular flexibility index (Phi) is 5.26. The van der Waals surface area contributed by atoms with E-state index in [1.54, 1.807) is 72.8 Å². The summed E-state index contributed by atoms with van der Waals surface area (Å²) in [4.78, 5) is 0. The van der Waals surface area contributed by atoms with Crippen molar-refractivity contribution < 1.29 is 15.3 Å². The molecule has 8 heteroatoms. The minimum absolute atomic E-state index is 0.0841. The summed E-state index contributed by atoms with van der Waals surface area (Å²) >= 11 is 0. The first-order chi connectivity index (χ1) is 15.3. The van der Waals surface area contributed by atoms with Crippen molar-refractivity contribution in [3.63, 3.8) is 0 Å². The maximum atomic E-state index is 11.1. The van der Waals surface area contributed by atoms with Gasteiger partial charge in [0, 0.05) is 17.1 Å². The van der Waals surface area contributed by atoms with Crippen molar-refractivity contribution in [3.8, 4) is 39.5 Å². The van der Waals surface area contributed by atoms with Gasteiger partial charge >= 0.3 is 0 Å². The molecule has 0 atom stereocenters. The van der Waals surface area contributed by atoms with Crippen molar-refractivity contribution in [3.05, 3.63) is 72.8 Å². The van der Waals surface area contributed by atoms with E-state index < -0.39 is 11.5 Å². The normalized spacial score (nSPS) is 11.1. The van der Waals surface area contributed by atoms with E-state index in [1.807, 2.05) is 0 Å². The predicted molar refractivity (Wildman–Crippen MR) is 126 cm³/mol. The van der Waals surface area contributed by atoms with Crippen LogP contribution in [-0.2, 0) is 0 Å². The first-order valence-electron chi connectivity index (χ1n) is 9.65. The van der Waals surface area contributed by atoms with Crippen LogP contribution in [0.5, 0.6) is 17.2 Å². The van der Waals surface area contributed by atoms with E-state index in [0.717, 1.165) is 0 Å². The number of aromatic hydroxyl groups is 3. The van der Waals surface area contributed by atoms with Crippen LogP contribution >= 0.6 is 0 Å². The quantitative estimate of drug-likeness (QED) is 0.191. The molecule has 4 aromatic rings. The van der Waals surface area contributed by atoms with Crippen LogP contribution in [0.25, 0.3) is 22.3 Å². The molecule has 0 saturated carbocycles. The molecule has 0 fully saturated rings. The Hall–Kier alpha value is -4.72. The van der Waals surface area contributed by atoms with Crippen LogP contribution in [0.3, 0.4) is 0 Å². The number of hydrogen-bond donors (Lipinski definition) is 6. The fourth-order valence-corrected chi connectivity index (χ4v) is 3.29. The van der Waals surface area contributed by atoms with Crippen molar-refractivity contribution in [1.29, 1.82) is 0 Å². The van der Waals surface area contributed by atoms with Crippen LogP contribution in [0.2, 0.25) is 0 Å². The molecule has 8 nitrogen and oxygen atoms in total. The molecule has 32 heavy (non-hydrogen) atoms. The van der Waals surface area contributed by atoms with Crippen molar-refractivity contribution in [2.45, 2.75) is 0 Å². The van der Waals surface area contributed by atoms with Gasteiger partial charge in [-0.1, -0.05) is 24.3 Å². The number of benzene rings is 4. The molecule has 0 bridgehead atoms. The molecule has 4 aromatic carbocycles. The summed E-state index contributed by atoms with van der Waals surface area (Å²) in [5.41, 5.74) is 20.2. The van der Waals surface area contributed by atoms with E-state index >= 15 is 0 Å². The van der Waals surface area contributed by atoms with Crippen LogP contribution in [0.4, 0.5) is 28.4 Å². The van der Waals surface area contributed by atoms with Gasteiger partial charge in [-0.3, -0.25) is 0 Å². The molecular formula is C24H21N5O3. The molecule has 160 valence electrons. The number of hydrogen-bond acceptors (Lipinski definition) is 8. The molecule has 0 aromatic heterocycles. The number of anilines is 3. The van der Waals surface area contributed by atoms with Gasteiger partial charge in [-0.05, 0) is 59.7 Å². The molecule has 0 spiro atoms. The van der Waals surface area contributed by atoms with Gasteiger partial charge in [-0.15, -0.1) is 5.11 Å². The minimum Gasteiger partial charge on any atom is -0.506 e. The highest BCUT2D eigenvalue weighted by Gasteiger charge is 2.26. The maximum absolute atomic E-state index is 11.1. The first-order valence-corrected chi connectivity index (χ1v) is 9.65. The van der Waals surface area contributed by atoms with Crippen molar-refractivity contribution in [1.82, 2.24) is 0 Å². The Balaban J connectivity index is 1.96. The van der Waals surface area contributed by atoms with Gasteiger partial charge < -0.3 is 32.5 Å². The number of phenolic OH excluding ortho intramolecular Hbond substituents is 3. The Morgan fingerprint density at radius 2 is 0.844 bits per heavy atom. The summed E-state index contributed by atoms with van der Waals surface area (Å²) in [5, 5.41) is 41.2. The lowest BCUT2D eigenvalue weighted by Gasteiger charge is -2.17. The fourth-order valence-electron chi connectivity index (χ4n) is 3.29. The Labute approximate surface area is 183 Å². The minimum atomic E-state index is -0.428. The number of nitrogens with zero attached hydrogens (tertiary/aromatic N) is 2. The third-order valence-electron chi connectivity index (χ3n) is 4.95. The molecule has 0 unspecified atom stereocenters. The number of azo groups is 1. The second-order valence-electron chi connectivity index (χ2n) is 7.18. The average Bonchev–Trinajstić information content (AvgIpc) is 2.77. The van der Waals surface area contributed by atoms with Gasteiger partial charge in [0.05, 0.1) is 16.8 Å². The Morgan fingerprint density at radius 3 is 1.25 bits per heavy atom. The molecule has 0 amide bonds. The van der Waals surface area contributed by atoms with Gasteiger partial charge in [-0.25, -0.2) is 0 Å². The lowest BCUT2D eigenvalue weighted by atomic mass is 9.94. The van der Waals surface area contributed by atoms with Crippen LogP contribution in [0, 0.1) is 0 Å². The molecular weight excluding hydrogens is 406 g/mol. The molecule has 4 rings (SSSR count). The van der Waals surface area contributed by atoms with E-state index in [9.17, 15) is 15.3 Å². The zero-order chi connectivity index (χ0) is 22.8. The van der Waals surface area contributed by atoms with E-state index in [1.165, 1.54) is 0 Å². The van der Waals surface area contributed by atoms with Crippen molar-refractivity contribution in [2.24, 2.45) is 10.2 Å². The topological polar surface area (TPSA) is 163 Å². The molecule has 0 radical (unpaired) electrons. The smallest absolute Gasteiger partial charge is 0.170 e. The number of nitrogen functional groups attached to an aromatic ring is 3. The van der Waals surface area contributed by atoms with Crippen molar-refractivity contribution in [2.75, 3.05) is 17.2 Å². The summed E-state index contributed by atoms with van der Waals surface area (Å²) in [7, 11) is 0. The number of phenols is 3. The van der Waals surface area contributed by atoms with Gasteiger partial charge in [0.15, 0.2) is 17.2 Å². The summed E-state index contributed by atoms with van der Waals surface area (Å²) in [5.74, 6) is -1.17. The van der Waals surface area contributed by atoms with Gasteiger partial charge in [0.1, 0.15) is 5.75 Å². The van der Waals surface area contributed by atoms with E-state index in [-0.39, 0.29) is 22.6 Å². The van der Waals surface area contributed by atoms with E-state index in [2.05, 4.69) is 10.2 Å². The highest BCUT2D eigenvalue weighted by Crippen LogP contribution is 2.55. The second-order valence-corrected chi connectivity index (χ2v) is 7.18. The van der Waals surface area contributed by atoms with E-state index in [4.69, 9.17) is 17.2 Å². The predicted octanol–water partition coefficient (Wildman–Crippen LogP) is 5.30. The second kappa shape index (κ2) is 8.19. The molecule has 9 N–H and O–H groups in total. The standard InChI is InChI=1S/C24H21N5O3/c25-15-5-1-13(2-6-15)19-22(30)20(14-3-7-16(26)8-4-14)24(32)21(23(19)31)29-28-18-11-9-17(27)10-12-18/h1-12,30-32H,25-27H2. The molecule has 0 heterocycles. The average molecular weight is 427 g/mol. The zero-order valence-electron chi connectivity index (χ0n) is 16.9. The van der Waals surface area contributed by atoms with Crippen LogP contribution in [0.15, 0.2) is 83.0 Å². The SMILES string of the molecule is Nc1ccc(N=Nc2c(O)c(-c3ccc(N)cc3)c(O)c(-c3ccc(N)cc3)c2O)cc1. The summed E-state index contributed by atoms with van der Waals surface area (Å²) in [6.45, 7) is 0. The highest BCUT2D eigenvalue weighted by molar-refractivity contribution is 5.95.